The first kappa shape index (κ1) is 16.8. The number of nitrogens with one attached hydrogen (secondary N) is 1. The first-order chi connectivity index (χ1) is 13.7. The molecule has 1 aliphatic heterocycles. The lowest BCUT2D eigenvalue weighted by molar-refractivity contribution is 0.0955. The van der Waals surface area contributed by atoms with Gasteiger partial charge in [-0.2, -0.15) is 5.10 Å². The van der Waals surface area contributed by atoms with E-state index in [9.17, 15) is 4.79 Å². The number of carbonyl (C=O) groups is 1. The maximum atomic E-state index is 12.7. The normalized spacial score (nSPS) is 12.5. The molecule has 0 atom stereocenters. The van der Waals surface area contributed by atoms with Gasteiger partial charge >= 0.3 is 0 Å². The summed E-state index contributed by atoms with van der Waals surface area (Å²) in [4.78, 5) is 14.3. The molecule has 0 spiro atoms. The van der Waals surface area contributed by atoms with Crippen LogP contribution in [-0.2, 0) is 6.54 Å². The summed E-state index contributed by atoms with van der Waals surface area (Å²) in [6.45, 7) is 2.63. The first-order valence-corrected chi connectivity index (χ1v) is 9.72. The molecule has 6 nitrogen and oxygen atoms in total. The molecule has 7 heteroatoms. The zero-order valence-electron chi connectivity index (χ0n) is 15.1. The van der Waals surface area contributed by atoms with Crippen LogP contribution < -0.4 is 14.8 Å². The molecule has 0 unspecified atom stereocenters. The number of carbonyl (C=O) groups excluding carboxylic acids is 1. The molecule has 1 amide bonds. The maximum absolute atomic E-state index is 12.7. The summed E-state index contributed by atoms with van der Waals surface area (Å²) < 4.78 is 12.6. The molecule has 1 N–H and O–H groups in total. The number of thiophene rings is 1. The largest absolute Gasteiger partial charge is 0.454 e. The standard InChI is InChI=1S/C21H17N3O3S/c1-13-16-10-19(28-21(16)24(23-13)15-5-3-2-4-6-15)20(25)22-11-14-7-8-17-18(9-14)27-12-26-17/h2-10H,11-12H2,1H3,(H,22,25). The number of nitrogens with zero attached hydrogens (tertiary/aromatic N) is 2. The van der Waals surface area contributed by atoms with Gasteiger partial charge < -0.3 is 14.8 Å². The van der Waals surface area contributed by atoms with Crippen LogP contribution in [0.4, 0.5) is 0 Å². The summed E-state index contributed by atoms with van der Waals surface area (Å²) in [5.41, 5.74) is 2.85. The van der Waals surface area contributed by atoms with Crippen molar-refractivity contribution in [3.05, 3.63) is 70.7 Å². The number of ether oxygens (including phenoxy) is 2. The summed E-state index contributed by atoms with van der Waals surface area (Å²) in [6.07, 6.45) is 0. The highest BCUT2D eigenvalue weighted by atomic mass is 32.1. The van der Waals surface area contributed by atoms with Crippen LogP contribution in [0.15, 0.2) is 54.6 Å². The van der Waals surface area contributed by atoms with Crippen LogP contribution in [-0.4, -0.2) is 22.5 Å². The zero-order valence-corrected chi connectivity index (χ0v) is 16.0. The van der Waals surface area contributed by atoms with E-state index in [2.05, 4.69) is 10.4 Å². The molecule has 3 heterocycles. The van der Waals surface area contributed by atoms with E-state index in [1.54, 1.807) is 0 Å². The molecule has 0 bridgehead atoms. The van der Waals surface area contributed by atoms with Crippen molar-refractivity contribution in [1.29, 1.82) is 0 Å². The Morgan fingerprint density at radius 3 is 2.82 bits per heavy atom. The number of aromatic nitrogens is 2. The van der Waals surface area contributed by atoms with Crippen molar-refractivity contribution in [3.63, 3.8) is 0 Å². The van der Waals surface area contributed by atoms with Gasteiger partial charge in [0, 0.05) is 11.9 Å². The third-order valence-corrected chi connectivity index (χ3v) is 5.77. The minimum Gasteiger partial charge on any atom is -0.454 e. The van der Waals surface area contributed by atoms with Crippen molar-refractivity contribution in [1.82, 2.24) is 15.1 Å². The zero-order chi connectivity index (χ0) is 19.1. The molecule has 0 saturated heterocycles. The van der Waals surface area contributed by atoms with Gasteiger partial charge in [0.25, 0.3) is 5.91 Å². The SMILES string of the molecule is Cc1nn(-c2ccccc2)c2sc(C(=O)NCc3ccc4c(c3)OCO4)cc12. The second-order valence-corrected chi connectivity index (χ2v) is 7.56. The Hall–Kier alpha value is -3.32. The van der Waals surface area contributed by atoms with Crippen LogP contribution in [0.25, 0.3) is 15.9 Å². The van der Waals surface area contributed by atoms with Crippen molar-refractivity contribution < 1.29 is 14.3 Å². The van der Waals surface area contributed by atoms with Crippen molar-refractivity contribution in [2.75, 3.05) is 6.79 Å². The van der Waals surface area contributed by atoms with Gasteiger partial charge in [-0.25, -0.2) is 4.68 Å². The smallest absolute Gasteiger partial charge is 0.261 e. The monoisotopic (exact) mass is 391 g/mol. The summed E-state index contributed by atoms with van der Waals surface area (Å²) in [7, 11) is 0. The van der Waals surface area contributed by atoms with Crippen LogP contribution in [0.1, 0.15) is 20.9 Å². The molecule has 0 radical (unpaired) electrons. The Balaban J connectivity index is 1.38. The Bertz CT molecular complexity index is 1180. The summed E-state index contributed by atoms with van der Waals surface area (Å²) in [5.74, 6) is 1.35. The van der Waals surface area contributed by atoms with E-state index in [4.69, 9.17) is 9.47 Å². The van der Waals surface area contributed by atoms with Crippen molar-refractivity contribution in [2.45, 2.75) is 13.5 Å². The van der Waals surface area contributed by atoms with E-state index >= 15 is 0 Å². The van der Waals surface area contributed by atoms with Crippen LogP contribution in [0.3, 0.4) is 0 Å². The minimum absolute atomic E-state index is 0.0992. The van der Waals surface area contributed by atoms with E-state index in [0.29, 0.717) is 17.2 Å². The van der Waals surface area contributed by atoms with Gasteiger partial charge in [-0.15, -0.1) is 11.3 Å². The third kappa shape index (κ3) is 2.90. The predicted octanol–water partition coefficient (Wildman–Crippen LogP) is 4.05. The second-order valence-electron chi connectivity index (χ2n) is 6.53. The van der Waals surface area contributed by atoms with Gasteiger partial charge in [-0.1, -0.05) is 24.3 Å². The van der Waals surface area contributed by atoms with E-state index in [-0.39, 0.29) is 12.7 Å². The molecule has 2 aromatic carbocycles. The van der Waals surface area contributed by atoms with E-state index in [0.717, 1.165) is 32.9 Å². The Morgan fingerprint density at radius 1 is 1.14 bits per heavy atom. The van der Waals surface area contributed by atoms with Gasteiger partial charge in [0.05, 0.1) is 16.3 Å². The lowest BCUT2D eigenvalue weighted by atomic mass is 10.2. The molecule has 2 aromatic heterocycles. The average molecular weight is 391 g/mol. The highest BCUT2D eigenvalue weighted by molar-refractivity contribution is 7.20. The van der Waals surface area contributed by atoms with Gasteiger partial charge in [0.2, 0.25) is 6.79 Å². The quantitative estimate of drug-likeness (QED) is 0.570. The van der Waals surface area contributed by atoms with Crippen molar-refractivity contribution in [3.8, 4) is 17.2 Å². The Labute approximate surface area is 165 Å². The maximum Gasteiger partial charge on any atom is 0.261 e. The summed E-state index contributed by atoms with van der Waals surface area (Å²) >= 11 is 1.45. The number of hydrogen-bond acceptors (Lipinski definition) is 5. The summed E-state index contributed by atoms with van der Waals surface area (Å²) in [5, 5.41) is 8.60. The molecule has 5 rings (SSSR count). The highest BCUT2D eigenvalue weighted by Gasteiger charge is 2.18. The fraction of sp³-hybridized carbons (Fsp3) is 0.143. The van der Waals surface area contributed by atoms with Gasteiger partial charge in [-0.3, -0.25) is 4.79 Å². The number of fused-ring (bicyclic) bond motifs is 2. The molecular formula is C21H17N3O3S. The molecule has 0 saturated carbocycles. The molecular weight excluding hydrogens is 374 g/mol. The van der Waals surface area contributed by atoms with Crippen LogP contribution >= 0.6 is 11.3 Å². The van der Waals surface area contributed by atoms with E-state index in [1.165, 1.54) is 11.3 Å². The fourth-order valence-electron chi connectivity index (χ4n) is 3.22. The van der Waals surface area contributed by atoms with Crippen molar-refractivity contribution >= 4 is 27.5 Å². The Morgan fingerprint density at radius 2 is 1.96 bits per heavy atom. The fourth-order valence-corrected chi connectivity index (χ4v) is 4.32. The molecule has 0 fully saturated rings. The van der Waals surface area contributed by atoms with Crippen molar-refractivity contribution in [2.24, 2.45) is 0 Å². The minimum atomic E-state index is -0.0992. The lowest BCUT2D eigenvalue weighted by Crippen LogP contribution is -2.21. The molecule has 28 heavy (non-hydrogen) atoms. The van der Waals surface area contributed by atoms with Crippen LogP contribution in [0, 0.1) is 6.92 Å². The van der Waals surface area contributed by atoms with Gasteiger partial charge in [0.15, 0.2) is 11.5 Å². The molecule has 4 aromatic rings. The topological polar surface area (TPSA) is 65.4 Å². The molecule has 1 aliphatic rings. The van der Waals surface area contributed by atoms with Crippen LogP contribution in [0.2, 0.25) is 0 Å². The lowest BCUT2D eigenvalue weighted by Gasteiger charge is -2.05. The first-order valence-electron chi connectivity index (χ1n) is 8.90. The number of hydrogen-bond donors (Lipinski definition) is 1. The number of benzene rings is 2. The predicted molar refractivity (Wildman–Crippen MR) is 107 cm³/mol. The van der Waals surface area contributed by atoms with Crippen LogP contribution in [0.5, 0.6) is 11.5 Å². The third-order valence-electron chi connectivity index (χ3n) is 4.66. The highest BCUT2D eigenvalue weighted by Crippen LogP contribution is 2.33. The Kier molecular flexibility index (Phi) is 4.02. The average Bonchev–Trinajstić information content (AvgIpc) is 3.43. The molecule has 0 aliphatic carbocycles. The molecule has 140 valence electrons. The number of para-hydroxylation sites is 1. The number of rotatable bonds is 4. The summed E-state index contributed by atoms with van der Waals surface area (Å²) in [6, 6.07) is 17.5. The van der Waals surface area contributed by atoms with E-state index in [1.807, 2.05) is 66.2 Å². The number of aryl methyl sites for hydroxylation is 1. The van der Waals surface area contributed by atoms with Gasteiger partial charge in [0.1, 0.15) is 4.83 Å². The van der Waals surface area contributed by atoms with E-state index < -0.39 is 0 Å². The second kappa shape index (κ2) is 6.69. The van der Waals surface area contributed by atoms with Gasteiger partial charge in [-0.05, 0) is 42.8 Å². The number of amides is 1.